The Balaban J connectivity index is 3.21. The summed E-state index contributed by atoms with van der Waals surface area (Å²) in [5, 5.41) is 7.65. The number of esters is 3. The van der Waals surface area contributed by atoms with E-state index in [-0.39, 0.29) is 0 Å². The van der Waals surface area contributed by atoms with Gasteiger partial charge in [-0.15, -0.1) is 0 Å². The van der Waals surface area contributed by atoms with Crippen molar-refractivity contribution in [2.75, 3.05) is 0 Å². The van der Waals surface area contributed by atoms with Crippen LogP contribution in [-0.2, 0) is 38.1 Å². The first-order valence-corrected chi connectivity index (χ1v) is 8.45. The molecule has 1 saturated heterocycles. The molecule has 0 amide bonds. The molecule has 1 heterocycles. The monoisotopic (exact) mass is 433 g/mol. The number of alkyl halides is 3. The van der Waals surface area contributed by atoms with E-state index in [1.165, 1.54) is 6.92 Å². The van der Waals surface area contributed by atoms with E-state index in [1.54, 1.807) is 0 Å². The maximum Gasteiger partial charge on any atom is 0.303 e. The van der Waals surface area contributed by atoms with Crippen molar-refractivity contribution in [3.63, 3.8) is 0 Å². The first kappa shape index (κ1) is 22.8. The fourth-order valence-corrected chi connectivity index (χ4v) is 2.38. The Hall–Kier alpha value is -1.29. The number of hydrogen-bond acceptors (Lipinski definition) is 9. The second-order valence-corrected chi connectivity index (χ2v) is 7.66. The van der Waals surface area contributed by atoms with E-state index in [9.17, 15) is 14.4 Å². The minimum absolute atomic E-state index is 0.669. The van der Waals surface area contributed by atoms with E-state index in [0.717, 1.165) is 20.8 Å². The number of hydrogen-bond donors (Lipinski definition) is 1. The average molecular weight is 435 g/mol. The highest BCUT2D eigenvalue weighted by molar-refractivity contribution is 6.76. The molecule has 0 saturated carbocycles. The van der Waals surface area contributed by atoms with Crippen molar-refractivity contribution in [1.82, 2.24) is 0 Å². The number of nitrogens with one attached hydrogen (secondary N) is 1. The molecule has 26 heavy (non-hydrogen) atoms. The van der Waals surface area contributed by atoms with Gasteiger partial charge >= 0.3 is 17.9 Å². The van der Waals surface area contributed by atoms with E-state index in [1.807, 2.05) is 0 Å². The average Bonchev–Trinajstić information content (AvgIpc) is 2.44. The summed E-state index contributed by atoms with van der Waals surface area (Å²) >= 11 is 16.7. The Labute approximate surface area is 164 Å². The van der Waals surface area contributed by atoms with Gasteiger partial charge in [-0.25, -0.2) is 0 Å². The lowest BCUT2D eigenvalue weighted by Gasteiger charge is -2.43. The number of halogens is 3. The molecule has 1 aliphatic rings. The van der Waals surface area contributed by atoms with Gasteiger partial charge in [0.2, 0.25) is 18.3 Å². The highest BCUT2D eigenvalue weighted by Gasteiger charge is 2.52. The second-order valence-electron chi connectivity index (χ2n) is 5.38. The van der Waals surface area contributed by atoms with Crippen molar-refractivity contribution in [3.05, 3.63) is 0 Å². The number of carbonyl (C=O) groups excluding carboxylic acids is 3. The van der Waals surface area contributed by atoms with E-state index < -0.39 is 58.3 Å². The van der Waals surface area contributed by atoms with Crippen LogP contribution in [0.1, 0.15) is 27.7 Å². The van der Waals surface area contributed by atoms with E-state index in [0.29, 0.717) is 0 Å². The molecule has 1 N–H and O–H groups in total. The lowest BCUT2D eigenvalue weighted by molar-refractivity contribution is -0.284. The van der Waals surface area contributed by atoms with E-state index in [2.05, 4.69) is 0 Å². The van der Waals surface area contributed by atoms with Crippen LogP contribution in [0.2, 0.25) is 0 Å². The Kier molecular flexibility index (Phi) is 7.94. The van der Waals surface area contributed by atoms with Gasteiger partial charge in [-0.05, 0) is 6.92 Å². The molecule has 5 atom stereocenters. The zero-order valence-electron chi connectivity index (χ0n) is 14.3. The van der Waals surface area contributed by atoms with Gasteiger partial charge in [0.15, 0.2) is 12.2 Å². The zero-order chi connectivity index (χ0) is 20.2. The summed E-state index contributed by atoms with van der Waals surface area (Å²) in [5.41, 5.74) is 0. The normalized spacial score (nSPS) is 28.7. The van der Waals surface area contributed by atoms with Crippen LogP contribution in [0.25, 0.3) is 0 Å². The third kappa shape index (κ3) is 6.46. The third-order valence-corrected chi connectivity index (χ3v) is 3.64. The fourth-order valence-electron chi connectivity index (χ4n) is 2.25. The van der Waals surface area contributed by atoms with Crippen molar-refractivity contribution in [1.29, 1.82) is 5.41 Å². The second kappa shape index (κ2) is 9.07. The quantitative estimate of drug-likeness (QED) is 0.234. The molecular weight excluding hydrogens is 417 g/mol. The van der Waals surface area contributed by atoms with Gasteiger partial charge in [-0.1, -0.05) is 34.8 Å². The molecule has 0 aliphatic carbocycles. The first-order valence-electron chi connectivity index (χ1n) is 7.32. The summed E-state index contributed by atoms with van der Waals surface area (Å²) in [6.45, 7) is 4.87. The molecule has 1 aliphatic heterocycles. The van der Waals surface area contributed by atoms with Crippen molar-refractivity contribution < 1.29 is 38.1 Å². The van der Waals surface area contributed by atoms with Gasteiger partial charge in [-0.3, -0.25) is 19.8 Å². The summed E-state index contributed by atoms with van der Waals surface area (Å²) in [7, 11) is 0. The Morgan fingerprint density at radius 1 is 0.846 bits per heavy atom. The Morgan fingerprint density at radius 2 is 1.27 bits per heavy atom. The van der Waals surface area contributed by atoms with Crippen LogP contribution in [0, 0.1) is 5.41 Å². The first-order chi connectivity index (χ1) is 11.8. The molecule has 12 heteroatoms. The Bertz CT molecular complexity index is 579. The summed E-state index contributed by atoms with van der Waals surface area (Å²) in [5.74, 6) is -2.96. The SMILES string of the molecule is CC(=O)O[C@@H]1[C@H](OC(C)=O)[C@H](C)OC(OC(=N)C(Cl)(Cl)Cl)[C@H]1OC(C)=O. The minimum Gasteiger partial charge on any atom is -0.456 e. The lowest BCUT2D eigenvalue weighted by atomic mass is 9.99. The summed E-state index contributed by atoms with van der Waals surface area (Å²) in [6.07, 6.45) is -6.05. The molecule has 0 aromatic carbocycles. The molecule has 9 nitrogen and oxygen atoms in total. The van der Waals surface area contributed by atoms with Crippen LogP contribution in [-0.4, -0.2) is 58.3 Å². The molecule has 1 fully saturated rings. The molecule has 1 rings (SSSR count). The van der Waals surface area contributed by atoms with Gasteiger partial charge in [0, 0.05) is 20.8 Å². The highest BCUT2D eigenvalue weighted by Crippen LogP contribution is 2.33. The van der Waals surface area contributed by atoms with Crippen LogP contribution in [0.15, 0.2) is 0 Å². The van der Waals surface area contributed by atoms with E-state index in [4.69, 9.17) is 63.9 Å². The minimum atomic E-state index is -2.20. The predicted molar refractivity (Wildman–Crippen MR) is 90.1 cm³/mol. The van der Waals surface area contributed by atoms with Crippen LogP contribution >= 0.6 is 34.8 Å². The molecule has 0 radical (unpaired) electrons. The Morgan fingerprint density at radius 3 is 1.69 bits per heavy atom. The third-order valence-electron chi connectivity index (χ3n) is 3.12. The van der Waals surface area contributed by atoms with Crippen LogP contribution in [0.3, 0.4) is 0 Å². The fraction of sp³-hybridized carbons (Fsp3) is 0.714. The van der Waals surface area contributed by atoms with Crippen molar-refractivity contribution in [2.45, 2.75) is 62.2 Å². The molecule has 0 spiro atoms. The van der Waals surface area contributed by atoms with Gasteiger partial charge in [0.1, 0.15) is 0 Å². The van der Waals surface area contributed by atoms with Crippen molar-refractivity contribution in [3.8, 4) is 0 Å². The van der Waals surface area contributed by atoms with E-state index >= 15 is 0 Å². The van der Waals surface area contributed by atoms with Crippen LogP contribution in [0.4, 0.5) is 0 Å². The number of rotatable bonds is 4. The number of ether oxygens (including phenoxy) is 5. The maximum absolute atomic E-state index is 11.5. The smallest absolute Gasteiger partial charge is 0.303 e. The largest absolute Gasteiger partial charge is 0.456 e. The summed E-state index contributed by atoms with van der Waals surface area (Å²) < 4.78 is 23.9. The van der Waals surface area contributed by atoms with Gasteiger partial charge in [-0.2, -0.15) is 0 Å². The van der Waals surface area contributed by atoms with Gasteiger partial charge in [0.05, 0.1) is 6.10 Å². The molecule has 0 aromatic rings. The highest BCUT2D eigenvalue weighted by atomic mass is 35.6. The standard InChI is InChI=1S/C14H18Cl3NO8/c1-5-9(23-6(2)19)10(24-7(3)20)11(25-8(4)21)12(22-5)26-13(18)14(15,16)17/h5,9-12,18H,1-4H3/t5-,9+,10+,11-,12?/m0/s1. The van der Waals surface area contributed by atoms with Gasteiger partial charge < -0.3 is 23.7 Å². The topological polar surface area (TPSA) is 121 Å². The van der Waals surface area contributed by atoms with Crippen LogP contribution in [0.5, 0.6) is 0 Å². The van der Waals surface area contributed by atoms with Crippen molar-refractivity contribution >= 4 is 58.6 Å². The van der Waals surface area contributed by atoms with Gasteiger partial charge in [0.25, 0.3) is 3.79 Å². The predicted octanol–water partition coefficient (Wildman–Crippen LogP) is 1.89. The molecule has 1 unspecified atom stereocenters. The van der Waals surface area contributed by atoms with Crippen LogP contribution < -0.4 is 0 Å². The lowest BCUT2D eigenvalue weighted by Crippen LogP contribution is -2.61. The molecular formula is C14H18Cl3NO8. The molecule has 0 aromatic heterocycles. The summed E-state index contributed by atoms with van der Waals surface area (Å²) in [6, 6.07) is 0. The summed E-state index contributed by atoms with van der Waals surface area (Å²) in [4.78, 5) is 34.3. The number of carbonyl (C=O) groups is 3. The zero-order valence-corrected chi connectivity index (χ0v) is 16.6. The maximum atomic E-state index is 11.5. The van der Waals surface area contributed by atoms with Crippen molar-refractivity contribution in [2.24, 2.45) is 0 Å². The molecule has 0 bridgehead atoms. The molecule has 148 valence electrons.